The van der Waals surface area contributed by atoms with Gasteiger partial charge in [0.1, 0.15) is 6.10 Å². The zero-order valence-electron chi connectivity index (χ0n) is 23.2. The molecule has 4 amide bonds. The van der Waals surface area contributed by atoms with Gasteiger partial charge in [-0.05, 0) is 50.9 Å². The molecule has 0 aliphatic carbocycles. The SMILES string of the molecule is CN1CC[C@@H](NC(=O)N[C@@H]2CCN(C(=O)CN3CCC(OC(=O)Nc4ccccc4-c4ccccc4)CC3)C2)C1. The number of carbonyl (C=O) groups excluding carboxylic acids is 3. The van der Waals surface area contributed by atoms with Gasteiger partial charge >= 0.3 is 12.1 Å². The van der Waals surface area contributed by atoms with Crippen LogP contribution in [0.1, 0.15) is 25.7 Å². The maximum Gasteiger partial charge on any atom is 0.411 e. The minimum atomic E-state index is -0.461. The summed E-state index contributed by atoms with van der Waals surface area (Å²) in [5.41, 5.74) is 2.68. The molecule has 3 N–H and O–H groups in total. The molecule has 10 nitrogen and oxygen atoms in total. The molecule has 0 aromatic heterocycles. The first-order valence-electron chi connectivity index (χ1n) is 14.3. The largest absolute Gasteiger partial charge is 0.446 e. The Kier molecular flexibility index (Phi) is 9.18. The number of hydrogen-bond acceptors (Lipinski definition) is 6. The lowest BCUT2D eigenvalue weighted by Crippen LogP contribution is -2.48. The topological polar surface area (TPSA) is 106 Å². The van der Waals surface area contributed by atoms with Crippen LogP contribution in [0, 0.1) is 0 Å². The van der Waals surface area contributed by atoms with Crippen LogP contribution in [0.15, 0.2) is 54.6 Å². The van der Waals surface area contributed by atoms with Crippen molar-refractivity contribution in [3.05, 3.63) is 54.6 Å². The molecule has 3 aliphatic heterocycles. The van der Waals surface area contributed by atoms with Crippen LogP contribution in [0.3, 0.4) is 0 Å². The summed E-state index contributed by atoms with van der Waals surface area (Å²) in [4.78, 5) is 44.1. The maximum absolute atomic E-state index is 12.9. The second kappa shape index (κ2) is 13.1. The fourth-order valence-corrected chi connectivity index (χ4v) is 5.80. The maximum atomic E-state index is 12.9. The molecule has 3 heterocycles. The number of nitrogens with zero attached hydrogens (tertiary/aromatic N) is 3. The van der Waals surface area contributed by atoms with Gasteiger partial charge in [-0.15, -0.1) is 0 Å². The van der Waals surface area contributed by atoms with E-state index in [1.165, 1.54) is 0 Å². The van der Waals surface area contributed by atoms with Gasteiger partial charge in [-0.1, -0.05) is 48.5 Å². The second-order valence-electron chi connectivity index (χ2n) is 11.1. The van der Waals surface area contributed by atoms with Gasteiger partial charge in [0, 0.05) is 50.4 Å². The predicted octanol–water partition coefficient (Wildman–Crippen LogP) is 2.97. The number of para-hydroxylation sites is 1. The van der Waals surface area contributed by atoms with E-state index in [-0.39, 0.29) is 30.1 Å². The summed E-state index contributed by atoms with van der Waals surface area (Å²) < 4.78 is 5.72. The van der Waals surface area contributed by atoms with E-state index in [0.717, 1.165) is 37.1 Å². The van der Waals surface area contributed by atoms with Gasteiger partial charge < -0.3 is 25.2 Å². The van der Waals surface area contributed by atoms with Crippen molar-refractivity contribution in [3.63, 3.8) is 0 Å². The average Bonchev–Trinajstić information content (AvgIpc) is 3.59. The first-order valence-corrected chi connectivity index (χ1v) is 14.3. The van der Waals surface area contributed by atoms with Crippen molar-refractivity contribution in [3.8, 4) is 11.1 Å². The van der Waals surface area contributed by atoms with E-state index in [1.54, 1.807) is 0 Å². The Morgan fingerprint density at radius 3 is 2.23 bits per heavy atom. The number of urea groups is 1. The lowest BCUT2D eigenvalue weighted by atomic mass is 10.0. The highest BCUT2D eigenvalue weighted by molar-refractivity contribution is 5.91. The zero-order valence-corrected chi connectivity index (χ0v) is 23.2. The summed E-state index contributed by atoms with van der Waals surface area (Å²) in [5, 5.41) is 8.98. The minimum absolute atomic E-state index is 0.0206. The molecule has 0 saturated carbocycles. The number of amides is 4. The first kappa shape index (κ1) is 27.9. The Bertz CT molecular complexity index is 1170. The lowest BCUT2D eigenvalue weighted by Gasteiger charge is -2.32. The fraction of sp³-hybridized carbons (Fsp3) is 0.500. The van der Waals surface area contributed by atoms with Crippen LogP contribution < -0.4 is 16.0 Å². The van der Waals surface area contributed by atoms with Crippen LogP contribution in [0.2, 0.25) is 0 Å². The molecule has 5 rings (SSSR count). The van der Waals surface area contributed by atoms with Crippen LogP contribution >= 0.6 is 0 Å². The third-order valence-corrected chi connectivity index (χ3v) is 8.02. The molecule has 0 radical (unpaired) electrons. The number of piperidine rings is 1. The third-order valence-electron chi connectivity index (χ3n) is 8.02. The molecule has 3 aliphatic rings. The normalized spacial score (nSPS) is 22.2. The molecule has 10 heteroatoms. The van der Waals surface area contributed by atoms with Gasteiger partial charge in [0.2, 0.25) is 5.91 Å². The van der Waals surface area contributed by atoms with E-state index < -0.39 is 6.09 Å². The molecular formula is C30H40N6O4. The Morgan fingerprint density at radius 2 is 1.50 bits per heavy atom. The van der Waals surface area contributed by atoms with E-state index >= 15 is 0 Å². The number of rotatable bonds is 7. The molecule has 2 atom stereocenters. The molecule has 3 fully saturated rings. The number of hydrogen-bond donors (Lipinski definition) is 3. The average molecular weight is 549 g/mol. The Morgan fingerprint density at radius 1 is 0.825 bits per heavy atom. The van der Waals surface area contributed by atoms with Crippen LogP contribution in [0.25, 0.3) is 11.1 Å². The summed E-state index contributed by atoms with van der Waals surface area (Å²) >= 11 is 0. The molecule has 2 aromatic carbocycles. The number of nitrogens with one attached hydrogen (secondary N) is 3. The van der Waals surface area contributed by atoms with Crippen LogP contribution in [0.4, 0.5) is 15.3 Å². The van der Waals surface area contributed by atoms with Crippen molar-refractivity contribution in [2.75, 3.05) is 58.2 Å². The molecule has 40 heavy (non-hydrogen) atoms. The first-order chi connectivity index (χ1) is 19.4. The number of likely N-dealkylation sites (N-methyl/N-ethyl adjacent to an activating group) is 1. The van der Waals surface area contributed by atoms with E-state index in [9.17, 15) is 14.4 Å². The number of anilines is 1. The van der Waals surface area contributed by atoms with Crippen LogP contribution in [0.5, 0.6) is 0 Å². The molecule has 3 saturated heterocycles. The molecule has 0 bridgehead atoms. The molecular weight excluding hydrogens is 508 g/mol. The van der Waals surface area contributed by atoms with Gasteiger partial charge in [-0.3, -0.25) is 15.0 Å². The highest BCUT2D eigenvalue weighted by Crippen LogP contribution is 2.28. The fourth-order valence-electron chi connectivity index (χ4n) is 5.80. The Hall–Kier alpha value is -3.63. The molecule has 0 spiro atoms. The van der Waals surface area contributed by atoms with Crippen molar-refractivity contribution < 1.29 is 19.1 Å². The summed E-state index contributed by atoms with van der Waals surface area (Å²) in [6, 6.07) is 17.6. The highest BCUT2D eigenvalue weighted by Gasteiger charge is 2.31. The predicted molar refractivity (Wildman–Crippen MR) is 154 cm³/mol. The van der Waals surface area contributed by atoms with Gasteiger partial charge in [0.15, 0.2) is 0 Å². The van der Waals surface area contributed by atoms with E-state index in [1.807, 2.05) is 59.5 Å². The van der Waals surface area contributed by atoms with Crippen LogP contribution in [-0.4, -0.2) is 104 Å². The van der Waals surface area contributed by atoms with Crippen molar-refractivity contribution in [1.82, 2.24) is 25.3 Å². The summed E-state index contributed by atoms with van der Waals surface area (Å²) in [6.07, 6.45) is 2.45. The van der Waals surface area contributed by atoms with Crippen molar-refractivity contribution >= 4 is 23.7 Å². The van der Waals surface area contributed by atoms with Gasteiger partial charge in [0.05, 0.1) is 12.2 Å². The minimum Gasteiger partial charge on any atom is -0.446 e. The highest BCUT2D eigenvalue weighted by atomic mass is 16.6. The number of ether oxygens (including phenoxy) is 1. The van der Waals surface area contributed by atoms with Gasteiger partial charge in [-0.2, -0.15) is 0 Å². The summed E-state index contributed by atoms with van der Waals surface area (Å²) in [6.45, 7) is 4.79. The molecule has 2 aromatic rings. The van der Waals surface area contributed by atoms with Gasteiger partial charge in [0.25, 0.3) is 0 Å². The van der Waals surface area contributed by atoms with Crippen LogP contribution in [-0.2, 0) is 9.53 Å². The van der Waals surface area contributed by atoms with Gasteiger partial charge in [-0.25, -0.2) is 9.59 Å². The smallest absolute Gasteiger partial charge is 0.411 e. The summed E-state index contributed by atoms with van der Waals surface area (Å²) in [7, 11) is 2.06. The number of carbonyl (C=O) groups is 3. The number of likely N-dealkylation sites (tertiary alicyclic amines) is 3. The zero-order chi connectivity index (χ0) is 27.9. The number of benzene rings is 2. The quantitative estimate of drug-likeness (QED) is 0.491. The Labute approximate surface area is 236 Å². The van der Waals surface area contributed by atoms with E-state index in [4.69, 9.17) is 4.74 Å². The standard InChI is InChI=1S/C30H40N6O4/c1-34-15-11-23(19-34)31-29(38)32-24-12-18-36(20-24)28(37)21-35-16-13-25(14-17-35)40-30(39)33-27-10-6-5-9-26(27)22-7-3-2-4-8-22/h2-10,23-25H,11-21H2,1H3,(H,33,39)(H2,31,32,38)/t23-,24-/m1/s1. The monoisotopic (exact) mass is 548 g/mol. The summed E-state index contributed by atoms with van der Waals surface area (Å²) in [5.74, 6) is 0.0803. The third kappa shape index (κ3) is 7.51. The Balaban J connectivity index is 1.01. The molecule has 0 unspecified atom stereocenters. The van der Waals surface area contributed by atoms with E-state index in [2.05, 4.69) is 32.8 Å². The van der Waals surface area contributed by atoms with Crippen molar-refractivity contribution in [2.45, 2.75) is 43.9 Å². The lowest BCUT2D eigenvalue weighted by molar-refractivity contribution is -0.132. The molecule has 214 valence electrons. The van der Waals surface area contributed by atoms with Crippen molar-refractivity contribution in [2.24, 2.45) is 0 Å². The second-order valence-corrected chi connectivity index (χ2v) is 11.1. The van der Waals surface area contributed by atoms with E-state index in [0.29, 0.717) is 51.3 Å². The van der Waals surface area contributed by atoms with Crippen molar-refractivity contribution in [1.29, 1.82) is 0 Å².